The molecule has 0 radical (unpaired) electrons. The Labute approximate surface area is 396 Å². The van der Waals surface area contributed by atoms with E-state index in [-0.39, 0.29) is 21.7 Å². The molecule has 6 aromatic carbocycles. The SMILES string of the molecule is CC1=Cc2c(-c3ccc(C(C)(C)C)cc3)ccc(-c3ccc(C(C)(C)C)cc3)c2[CH]1[Zr]([CH]1C(C)=Cc2c(-c3ccc(C(C)(C)C)cc3)ccc(-c3ccc(C(C)(C)C)cc3)c21)[SiH](C)C. The van der Waals surface area contributed by atoms with Crippen molar-refractivity contribution in [2.75, 3.05) is 0 Å². The van der Waals surface area contributed by atoms with E-state index in [4.69, 9.17) is 0 Å². The Morgan fingerprint density at radius 2 is 0.578 bits per heavy atom. The van der Waals surface area contributed by atoms with Crippen molar-refractivity contribution < 1.29 is 20.9 Å². The summed E-state index contributed by atoms with van der Waals surface area (Å²) >= 11 is -2.55. The molecule has 2 aliphatic carbocycles. The Hall–Kier alpha value is -4.10. The number of fused-ring (bicyclic) bond motifs is 2. The number of rotatable bonds is 7. The summed E-state index contributed by atoms with van der Waals surface area (Å²) in [5, 5.41) is 0. The van der Waals surface area contributed by atoms with E-state index in [9.17, 15) is 0 Å². The topological polar surface area (TPSA) is 0 Å². The third-order valence-corrected chi connectivity index (χ3v) is 36.4. The number of hydrogen-bond donors (Lipinski definition) is 0. The normalized spacial score (nSPS) is 16.5. The predicted octanol–water partition coefficient (Wildman–Crippen LogP) is 17.8. The molecule has 0 saturated heterocycles. The van der Waals surface area contributed by atoms with Crippen LogP contribution in [-0.2, 0) is 42.6 Å². The minimum atomic E-state index is -2.55. The van der Waals surface area contributed by atoms with E-state index in [1.807, 2.05) is 0 Å². The molecule has 329 valence electrons. The second kappa shape index (κ2) is 17.0. The molecule has 0 amide bonds. The molecule has 2 heteroatoms. The molecule has 8 rings (SSSR count). The molecule has 64 heavy (non-hydrogen) atoms. The molecule has 0 spiro atoms. The fourth-order valence-corrected chi connectivity index (χ4v) is 33.8. The summed E-state index contributed by atoms with van der Waals surface area (Å²) in [6.07, 6.45) is 5.26. The fraction of sp³-hybridized carbons (Fsp3) is 0.355. The van der Waals surface area contributed by atoms with Crippen LogP contribution in [0, 0.1) is 0 Å². The first kappa shape index (κ1) is 46.4. The van der Waals surface area contributed by atoms with Gasteiger partial charge in [0.2, 0.25) is 0 Å². The summed E-state index contributed by atoms with van der Waals surface area (Å²) in [6, 6.07) is 48.0. The monoisotopic (exact) mass is 935 g/mol. The summed E-state index contributed by atoms with van der Waals surface area (Å²) in [5.74, 6) is -1.19. The zero-order chi connectivity index (χ0) is 46.3. The molecular formula is C62H73SiZr. The van der Waals surface area contributed by atoms with Gasteiger partial charge in [-0.1, -0.05) is 0 Å². The molecule has 0 heterocycles. The molecule has 0 aromatic heterocycles. The van der Waals surface area contributed by atoms with Gasteiger partial charge in [0.25, 0.3) is 0 Å². The second-order valence-corrected chi connectivity index (χ2v) is 43.6. The van der Waals surface area contributed by atoms with Crippen LogP contribution in [0.5, 0.6) is 0 Å². The van der Waals surface area contributed by atoms with Gasteiger partial charge in [-0.2, -0.15) is 0 Å². The van der Waals surface area contributed by atoms with Gasteiger partial charge in [0.1, 0.15) is 0 Å². The van der Waals surface area contributed by atoms with E-state index in [1.54, 1.807) is 22.3 Å². The van der Waals surface area contributed by atoms with Crippen molar-refractivity contribution in [1.29, 1.82) is 0 Å². The maximum absolute atomic E-state index is 2.71. The molecule has 0 fully saturated rings. The van der Waals surface area contributed by atoms with Gasteiger partial charge in [-0.3, -0.25) is 0 Å². The van der Waals surface area contributed by atoms with Gasteiger partial charge in [-0.15, -0.1) is 0 Å². The first-order valence-corrected chi connectivity index (χ1v) is 33.9. The average Bonchev–Trinajstić information content (AvgIpc) is 3.75. The summed E-state index contributed by atoms with van der Waals surface area (Å²) in [6.45, 7) is 38.2. The van der Waals surface area contributed by atoms with Crippen LogP contribution in [0.2, 0.25) is 13.1 Å². The van der Waals surface area contributed by atoms with Crippen LogP contribution in [0.25, 0.3) is 56.7 Å². The summed E-state index contributed by atoms with van der Waals surface area (Å²) in [5.41, 5.74) is 26.2. The van der Waals surface area contributed by atoms with Gasteiger partial charge in [-0.25, -0.2) is 0 Å². The Morgan fingerprint density at radius 3 is 0.812 bits per heavy atom. The van der Waals surface area contributed by atoms with Crippen molar-refractivity contribution in [2.24, 2.45) is 0 Å². The number of allylic oxidation sites excluding steroid dienone is 2. The van der Waals surface area contributed by atoms with E-state index in [0.717, 1.165) is 0 Å². The van der Waals surface area contributed by atoms with Crippen molar-refractivity contribution >= 4 is 18.1 Å². The summed E-state index contributed by atoms with van der Waals surface area (Å²) in [4.78, 5) is 0. The van der Waals surface area contributed by atoms with Crippen molar-refractivity contribution in [3.05, 3.63) is 177 Å². The van der Waals surface area contributed by atoms with Crippen LogP contribution in [0.1, 0.15) is 149 Å². The second-order valence-electron chi connectivity index (χ2n) is 23.6. The van der Waals surface area contributed by atoms with Gasteiger partial charge >= 0.3 is 399 Å². The van der Waals surface area contributed by atoms with Crippen LogP contribution >= 0.6 is 0 Å². The molecule has 0 N–H and O–H groups in total. The van der Waals surface area contributed by atoms with Crippen LogP contribution in [-0.4, -0.2) is 5.92 Å². The minimum absolute atomic E-state index is 0.104. The molecule has 0 bridgehead atoms. The van der Waals surface area contributed by atoms with E-state index in [2.05, 4.69) is 244 Å². The van der Waals surface area contributed by atoms with E-state index in [0.29, 0.717) is 7.25 Å². The van der Waals surface area contributed by atoms with E-state index < -0.39 is 26.8 Å². The molecule has 2 atom stereocenters. The van der Waals surface area contributed by atoms with Crippen LogP contribution < -0.4 is 0 Å². The van der Waals surface area contributed by atoms with E-state index >= 15 is 0 Å². The quantitative estimate of drug-likeness (QED) is 0.140. The summed E-state index contributed by atoms with van der Waals surface area (Å²) < 4.78 is 0.973. The van der Waals surface area contributed by atoms with Gasteiger partial charge < -0.3 is 0 Å². The maximum atomic E-state index is 2.71. The van der Waals surface area contributed by atoms with Crippen molar-refractivity contribution in [2.45, 2.75) is 139 Å². The van der Waals surface area contributed by atoms with Gasteiger partial charge in [0.05, 0.1) is 0 Å². The Bertz CT molecular complexity index is 2560. The first-order chi connectivity index (χ1) is 29.9. The first-order valence-electron chi connectivity index (χ1n) is 23.9. The third kappa shape index (κ3) is 8.81. The van der Waals surface area contributed by atoms with Gasteiger partial charge in [0.15, 0.2) is 0 Å². The zero-order valence-electron chi connectivity index (χ0n) is 41.9. The van der Waals surface area contributed by atoms with Crippen LogP contribution in [0.3, 0.4) is 0 Å². The van der Waals surface area contributed by atoms with Crippen molar-refractivity contribution in [3.8, 4) is 44.5 Å². The van der Waals surface area contributed by atoms with Gasteiger partial charge in [-0.05, 0) is 0 Å². The van der Waals surface area contributed by atoms with Crippen molar-refractivity contribution in [3.63, 3.8) is 0 Å². The number of hydrogen-bond acceptors (Lipinski definition) is 0. The van der Waals surface area contributed by atoms with Crippen LogP contribution in [0.4, 0.5) is 0 Å². The Balaban J connectivity index is 1.35. The molecule has 0 saturated carbocycles. The number of benzene rings is 6. The standard InChI is InChI=1S/2C30H33.C2H7Si.Zr/c2*1-20-18-27-25(21-8-12-23(13-9-21)29(2,3)4)16-17-26(28(27)19-20)22-10-14-24(15-11-22)30(5,6)7;1-3-2;/h2*8-19H,1-7H3;3H,1-2H3;. The van der Waals surface area contributed by atoms with E-state index in [1.165, 1.54) is 77.9 Å². The van der Waals surface area contributed by atoms with Crippen LogP contribution in [0.15, 0.2) is 132 Å². The molecule has 2 unspecified atom stereocenters. The predicted molar refractivity (Wildman–Crippen MR) is 281 cm³/mol. The zero-order valence-corrected chi connectivity index (χ0v) is 45.5. The molecule has 6 aromatic rings. The molecular weight excluding hydrogens is 864 g/mol. The summed E-state index contributed by atoms with van der Waals surface area (Å²) in [7, 11) is 0. The molecule has 2 aliphatic rings. The molecule has 0 aliphatic heterocycles. The average molecular weight is 938 g/mol. The molecule has 0 nitrogen and oxygen atoms in total. The van der Waals surface area contributed by atoms with Gasteiger partial charge in [0, 0.05) is 0 Å². The fourth-order valence-electron chi connectivity index (χ4n) is 10.6. The van der Waals surface area contributed by atoms with Crippen molar-refractivity contribution in [1.82, 2.24) is 0 Å². The third-order valence-electron chi connectivity index (χ3n) is 14.4. The Kier molecular flexibility index (Phi) is 12.3. The Morgan fingerprint density at radius 1 is 0.344 bits per heavy atom.